The van der Waals surface area contributed by atoms with Crippen LogP contribution in [0.25, 0.3) is 0 Å². The Balaban J connectivity index is 2.06. The van der Waals surface area contributed by atoms with Crippen LogP contribution in [0.15, 0.2) is 60.7 Å². The van der Waals surface area contributed by atoms with Crippen molar-refractivity contribution in [2.45, 2.75) is 12.6 Å². The van der Waals surface area contributed by atoms with Gasteiger partial charge < -0.3 is 0 Å². The predicted octanol–water partition coefficient (Wildman–Crippen LogP) is 3.51. The molecule has 0 saturated carbocycles. The van der Waals surface area contributed by atoms with Crippen molar-refractivity contribution in [3.63, 3.8) is 0 Å². The first kappa shape index (κ1) is 11.5. The molecule has 0 heterocycles. The van der Waals surface area contributed by atoms with Crippen LogP contribution in [0.2, 0.25) is 0 Å². The number of carbonyl (C=O) groups is 1. The van der Waals surface area contributed by atoms with E-state index in [4.69, 9.17) is 0 Å². The highest BCUT2D eigenvalue weighted by Crippen LogP contribution is 2.19. The molecule has 0 radical (unpaired) electrons. The summed E-state index contributed by atoms with van der Waals surface area (Å²) in [5, 5.41) is 0. The Kier molecular flexibility index (Phi) is 3.66. The predicted molar refractivity (Wildman–Crippen MR) is 65.4 cm³/mol. The number of halogens is 1. The van der Waals surface area contributed by atoms with Crippen LogP contribution in [0.3, 0.4) is 0 Å². The molecule has 0 aliphatic rings. The summed E-state index contributed by atoms with van der Waals surface area (Å²) in [4.78, 5) is 11.7. The fourth-order valence-corrected chi connectivity index (χ4v) is 1.69. The summed E-state index contributed by atoms with van der Waals surface area (Å²) in [5.41, 5.74) is 1.27. The molecule has 0 aliphatic heterocycles. The molecular formula is C15H13FO. The molecule has 0 fully saturated rings. The molecule has 86 valence electrons. The topological polar surface area (TPSA) is 17.1 Å². The third-order valence-corrected chi connectivity index (χ3v) is 2.60. The van der Waals surface area contributed by atoms with Crippen LogP contribution in [-0.4, -0.2) is 5.78 Å². The maximum atomic E-state index is 13.9. The molecule has 1 unspecified atom stereocenters. The molecular weight excluding hydrogens is 215 g/mol. The van der Waals surface area contributed by atoms with Gasteiger partial charge in [0.05, 0.1) is 0 Å². The molecule has 2 aromatic carbocycles. The standard InChI is InChI=1S/C15H13FO/c16-15(13-9-5-2-6-10-13)14(17)11-12-7-3-1-4-8-12/h1-10,15H,11H2. The van der Waals surface area contributed by atoms with Crippen LogP contribution >= 0.6 is 0 Å². The van der Waals surface area contributed by atoms with Gasteiger partial charge in [0.15, 0.2) is 12.0 Å². The zero-order valence-corrected chi connectivity index (χ0v) is 9.34. The highest BCUT2D eigenvalue weighted by Gasteiger charge is 2.18. The third kappa shape index (κ3) is 3.00. The van der Waals surface area contributed by atoms with E-state index in [0.717, 1.165) is 5.56 Å². The lowest BCUT2D eigenvalue weighted by Crippen LogP contribution is -2.10. The highest BCUT2D eigenvalue weighted by atomic mass is 19.1. The van der Waals surface area contributed by atoms with E-state index in [1.54, 1.807) is 30.3 Å². The van der Waals surface area contributed by atoms with Crippen LogP contribution in [0.1, 0.15) is 17.3 Å². The maximum absolute atomic E-state index is 13.9. The average Bonchev–Trinajstić information content (AvgIpc) is 2.40. The van der Waals surface area contributed by atoms with E-state index < -0.39 is 12.0 Å². The van der Waals surface area contributed by atoms with Crippen molar-refractivity contribution in [1.29, 1.82) is 0 Å². The van der Waals surface area contributed by atoms with E-state index >= 15 is 0 Å². The number of Topliss-reactive ketones (excluding diaryl/α,β-unsaturated/α-hetero) is 1. The van der Waals surface area contributed by atoms with Crippen molar-refractivity contribution in [3.05, 3.63) is 71.8 Å². The first-order chi connectivity index (χ1) is 8.27. The molecule has 0 aliphatic carbocycles. The summed E-state index contributed by atoms with van der Waals surface area (Å²) in [5.74, 6) is -0.401. The maximum Gasteiger partial charge on any atom is 0.183 e. The number of rotatable bonds is 4. The second-order valence-electron chi connectivity index (χ2n) is 3.90. The lowest BCUT2D eigenvalue weighted by molar-refractivity contribution is -0.123. The Morgan fingerprint density at radius 2 is 1.47 bits per heavy atom. The number of ketones is 1. The van der Waals surface area contributed by atoms with Gasteiger partial charge in [-0.1, -0.05) is 60.7 Å². The van der Waals surface area contributed by atoms with Gasteiger partial charge in [0, 0.05) is 6.42 Å². The van der Waals surface area contributed by atoms with Crippen molar-refractivity contribution in [2.75, 3.05) is 0 Å². The molecule has 0 aromatic heterocycles. The summed E-state index contributed by atoms with van der Waals surface area (Å²) in [6.07, 6.45) is -1.40. The van der Waals surface area contributed by atoms with Crippen molar-refractivity contribution >= 4 is 5.78 Å². The minimum Gasteiger partial charge on any atom is -0.296 e. The minimum atomic E-state index is -1.53. The van der Waals surface area contributed by atoms with Gasteiger partial charge in [-0.15, -0.1) is 0 Å². The van der Waals surface area contributed by atoms with Gasteiger partial charge in [-0.2, -0.15) is 0 Å². The van der Waals surface area contributed by atoms with Crippen LogP contribution in [-0.2, 0) is 11.2 Å². The largest absolute Gasteiger partial charge is 0.296 e. The van der Waals surface area contributed by atoms with Gasteiger partial charge in [0.25, 0.3) is 0 Å². The number of hydrogen-bond donors (Lipinski definition) is 0. The van der Waals surface area contributed by atoms with Crippen molar-refractivity contribution in [2.24, 2.45) is 0 Å². The molecule has 1 nitrogen and oxygen atoms in total. The van der Waals surface area contributed by atoms with E-state index in [1.165, 1.54) is 0 Å². The molecule has 1 atom stereocenters. The van der Waals surface area contributed by atoms with E-state index in [1.807, 2.05) is 30.3 Å². The first-order valence-electron chi connectivity index (χ1n) is 5.53. The van der Waals surface area contributed by atoms with Crippen molar-refractivity contribution < 1.29 is 9.18 Å². The van der Waals surface area contributed by atoms with Crippen molar-refractivity contribution in [1.82, 2.24) is 0 Å². The van der Waals surface area contributed by atoms with E-state index in [9.17, 15) is 9.18 Å². The molecule has 0 saturated heterocycles. The molecule has 0 N–H and O–H groups in total. The van der Waals surface area contributed by atoms with Gasteiger partial charge in [0.2, 0.25) is 0 Å². The van der Waals surface area contributed by atoms with Crippen LogP contribution in [0.4, 0.5) is 4.39 Å². The monoisotopic (exact) mass is 228 g/mol. The van der Waals surface area contributed by atoms with E-state index in [-0.39, 0.29) is 6.42 Å². The summed E-state index contributed by atoms with van der Waals surface area (Å²) in [7, 11) is 0. The summed E-state index contributed by atoms with van der Waals surface area (Å²) < 4.78 is 13.9. The fourth-order valence-electron chi connectivity index (χ4n) is 1.69. The second kappa shape index (κ2) is 5.39. The number of alkyl halides is 1. The summed E-state index contributed by atoms with van der Waals surface area (Å²) in [6, 6.07) is 17.8. The van der Waals surface area contributed by atoms with Gasteiger partial charge in [-0.05, 0) is 11.1 Å². The molecule has 0 amide bonds. The fraction of sp³-hybridized carbons (Fsp3) is 0.133. The Hall–Kier alpha value is -1.96. The van der Waals surface area contributed by atoms with Gasteiger partial charge in [-0.3, -0.25) is 4.79 Å². The first-order valence-corrected chi connectivity index (χ1v) is 5.53. The van der Waals surface area contributed by atoms with Crippen LogP contribution in [0.5, 0.6) is 0 Å². The zero-order valence-electron chi connectivity index (χ0n) is 9.34. The second-order valence-corrected chi connectivity index (χ2v) is 3.90. The number of hydrogen-bond acceptors (Lipinski definition) is 1. The van der Waals surface area contributed by atoms with Crippen LogP contribution < -0.4 is 0 Å². The van der Waals surface area contributed by atoms with E-state index in [2.05, 4.69) is 0 Å². The zero-order chi connectivity index (χ0) is 12.1. The van der Waals surface area contributed by atoms with E-state index in [0.29, 0.717) is 5.56 Å². The number of benzene rings is 2. The molecule has 2 rings (SSSR count). The van der Waals surface area contributed by atoms with Gasteiger partial charge in [0.1, 0.15) is 0 Å². The number of carbonyl (C=O) groups excluding carboxylic acids is 1. The Labute approximate surface area is 99.9 Å². The Bertz CT molecular complexity index is 479. The SMILES string of the molecule is O=C(Cc1ccccc1)C(F)c1ccccc1. The molecule has 0 spiro atoms. The summed E-state index contributed by atoms with van der Waals surface area (Å²) >= 11 is 0. The third-order valence-electron chi connectivity index (χ3n) is 2.60. The van der Waals surface area contributed by atoms with Crippen LogP contribution in [0, 0.1) is 0 Å². The smallest absolute Gasteiger partial charge is 0.183 e. The Morgan fingerprint density at radius 3 is 2.06 bits per heavy atom. The molecule has 2 aromatic rings. The molecule has 2 heteroatoms. The van der Waals surface area contributed by atoms with Crippen molar-refractivity contribution in [3.8, 4) is 0 Å². The summed E-state index contributed by atoms with van der Waals surface area (Å²) in [6.45, 7) is 0. The Morgan fingerprint density at radius 1 is 0.941 bits per heavy atom. The molecule has 17 heavy (non-hydrogen) atoms. The minimum absolute atomic E-state index is 0.136. The molecule has 0 bridgehead atoms. The van der Waals surface area contributed by atoms with Gasteiger partial charge >= 0.3 is 0 Å². The van der Waals surface area contributed by atoms with Gasteiger partial charge in [-0.25, -0.2) is 4.39 Å². The highest BCUT2D eigenvalue weighted by molar-refractivity contribution is 5.86. The lowest BCUT2D eigenvalue weighted by Gasteiger charge is -2.07. The average molecular weight is 228 g/mol. The quantitative estimate of drug-likeness (QED) is 0.782. The lowest BCUT2D eigenvalue weighted by atomic mass is 10.0. The normalized spacial score (nSPS) is 12.1.